The molecule has 3 N–H and O–H groups in total. The maximum atomic E-state index is 10.9. The second-order valence-electron chi connectivity index (χ2n) is 4.31. The maximum Gasteiger partial charge on any atom is 0.220 e. The van der Waals surface area contributed by atoms with Crippen molar-refractivity contribution in [2.24, 2.45) is 0 Å². The summed E-state index contributed by atoms with van der Waals surface area (Å²) >= 11 is 0. The van der Waals surface area contributed by atoms with E-state index < -0.39 is 0 Å². The Kier molecular flexibility index (Phi) is 3.03. The van der Waals surface area contributed by atoms with Crippen LogP contribution in [0.3, 0.4) is 0 Å². The van der Waals surface area contributed by atoms with Crippen molar-refractivity contribution in [2.45, 2.75) is 50.3 Å². The highest BCUT2D eigenvalue weighted by Crippen LogP contribution is 2.20. The molecule has 1 saturated carbocycles. The number of amides is 1. The van der Waals surface area contributed by atoms with Gasteiger partial charge in [0.1, 0.15) is 0 Å². The normalized spacial score (nSPS) is 38.4. The molecule has 2 aliphatic rings. The standard InChI is InChI=1S/C10H18N2O2/c13-9-3-1-2-8(9)12-7-4-5-10(14)11-6-7/h7-9,12-13H,1-6H2,(H,11,14). The number of aliphatic hydroxyl groups excluding tert-OH is 1. The lowest BCUT2D eigenvalue weighted by Crippen LogP contribution is -2.51. The van der Waals surface area contributed by atoms with Gasteiger partial charge >= 0.3 is 0 Å². The van der Waals surface area contributed by atoms with Crippen molar-refractivity contribution in [3.05, 3.63) is 0 Å². The molecule has 0 aromatic carbocycles. The topological polar surface area (TPSA) is 61.4 Å². The van der Waals surface area contributed by atoms with E-state index in [1.54, 1.807) is 0 Å². The van der Waals surface area contributed by atoms with Crippen LogP contribution in [-0.4, -0.2) is 35.7 Å². The van der Waals surface area contributed by atoms with Gasteiger partial charge in [-0.2, -0.15) is 0 Å². The number of carbonyl (C=O) groups excluding carboxylic acids is 1. The van der Waals surface area contributed by atoms with E-state index in [4.69, 9.17) is 0 Å². The molecule has 4 nitrogen and oxygen atoms in total. The molecule has 4 heteroatoms. The van der Waals surface area contributed by atoms with E-state index >= 15 is 0 Å². The first-order chi connectivity index (χ1) is 6.75. The van der Waals surface area contributed by atoms with Crippen molar-refractivity contribution in [1.29, 1.82) is 0 Å². The van der Waals surface area contributed by atoms with Gasteiger partial charge in [-0.25, -0.2) is 0 Å². The third-order valence-electron chi connectivity index (χ3n) is 3.19. The highest BCUT2D eigenvalue weighted by Gasteiger charge is 2.28. The molecule has 80 valence electrons. The smallest absolute Gasteiger partial charge is 0.220 e. The summed E-state index contributed by atoms with van der Waals surface area (Å²) < 4.78 is 0. The molecule has 1 heterocycles. The van der Waals surface area contributed by atoms with Gasteiger partial charge in [0.25, 0.3) is 0 Å². The quantitative estimate of drug-likeness (QED) is 0.574. The van der Waals surface area contributed by atoms with Gasteiger partial charge in [0.2, 0.25) is 5.91 Å². The van der Waals surface area contributed by atoms with E-state index in [0.717, 1.165) is 25.7 Å². The van der Waals surface area contributed by atoms with Crippen LogP contribution in [0, 0.1) is 0 Å². The molecule has 0 aromatic rings. The highest BCUT2D eigenvalue weighted by molar-refractivity contribution is 5.76. The van der Waals surface area contributed by atoms with Crippen LogP contribution in [0.5, 0.6) is 0 Å². The molecule has 0 aromatic heterocycles. The number of piperidine rings is 1. The van der Waals surface area contributed by atoms with Gasteiger partial charge in [0.05, 0.1) is 6.10 Å². The zero-order chi connectivity index (χ0) is 9.97. The Morgan fingerprint density at radius 1 is 1.36 bits per heavy atom. The minimum Gasteiger partial charge on any atom is -0.392 e. The van der Waals surface area contributed by atoms with Gasteiger partial charge in [0.15, 0.2) is 0 Å². The van der Waals surface area contributed by atoms with Crippen LogP contribution >= 0.6 is 0 Å². The highest BCUT2D eigenvalue weighted by atomic mass is 16.3. The van der Waals surface area contributed by atoms with E-state index in [1.807, 2.05) is 0 Å². The maximum absolute atomic E-state index is 10.9. The zero-order valence-electron chi connectivity index (χ0n) is 8.33. The number of nitrogens with one attached hydrogen (secondary N) is 2. The summed E-state index contributed by atoms with van der Waals surface area (Å²) in [4.78, 5) is 10.9. The molecular formula is C10H18N2O2. The van der Waals surface area contributed by atoms with E-state index in [9.17, 15) is 9.90 Å². The first kappa shape index (κ1) is 9.93. The lowest BCUT2D eigenvalue weighted by atomic mass is 10.1. The van der Waals surface area contributed by atoms with Crippen molar-refractivity contribution < 1.29 is 9.90 Å². The SMILES string of the molecule is O=C1CCC(NC2CCCC2O)CN1. The molecule has 2 rings (SSSR count). The fourth-order valence-electron chi connectivity index (χ4n) is 2.31. The summed E-state index contributed by atoms with van der Waals surface area (Å²) in [5.41, 5.74) is 0. The summed E-state index contributed by atoms with van der Waals surface area (Å²) in [5, 5.41) is 15.9. The van der Waals surface area contributed by atoms with Gasteiger partial charge in [-0.1, -0.05) is 0 Å². The Bertz CT molecular complexity index is 210. The average Bonchev–Trinajstić information content (AvgIpc) is 2.56. The lowest BCUT2D eigenvalue weighted by molar-refractivity contribution is -0.122. The molecule has 0 radical (unpaired) electrons. The van der Waals surface area contributed by atoms with Gasteiger partial charge in [0, 0.05) is 25.0 Å². The third-order valence-corrected chi connectivity index (χ3v) is 3.19. The van der Waals surface area contributed by atoms with Crippen LogP contribution in [0.15, 0.2) is 0 Å². The molecular weight excluding hydrogens is 180 g/mol. The number of hydrogen-bond acceptors (Lipinski definition) is 3. The van der Waals surface area contributed by atoms with E-state index in [1.165, 1.54) is 0 Å². The Morgan fingerprint density at radius 3 is 2.79 bits per heavy atom. The van der Waals surface area contributed by atoms with E-state index in [0.29, 0.717) is 19.0 Å². The van der Waals surface area contributed by atoms with Gasteiger partial charge in [-0.3, -0.25) is 4.79 Å². The fourth-order valence-corrected chi connectivity index (χ4v) is 2.31. The predicted octanol–water partition coefficient (Wildman–Crippen LogP) is -0.232. The van der Waals surface area contributed by atoms with Crippen molar-refractivity contribution in [2.75, 3.05) is 6.54 Å². The summed E-state index contributed by atoms with van der Waals surface area (Å²) in [6.07, 6.45) is 4.41. The second kappa shape index (κ2) is 4.28. The Hall–Kier alpha value is -0.610. The summed E-state index contributed by atoms with van der Waals surface area (Å²) in [5.74, 6) is 0.148. The van der Waals surface area contributed by atoms with Crippen LogP contribution in [0.2, 0.25) is 0 Å². The van der Waals surface area contributed by atoms with Crippen LogP contribution in [-0.2, 0) is 4.79 Å². The molecule has 3 unspecified atom stereocenters. The fraction of sp³-hybridized carbons (Fsp3) is 0.900. The largest absolute Gasteiger partial charge is 0.392 e. The molecule has 1 aliphatic carbocycles. The Balaban J connectivity index is 1.77. The molecule has 14 heavy (non-hydrogen) atoms. The predicted molar refractivity (Wildman–Crippen MR) is 52.8 cm³/mol. The van der Waals surface area contributed by atoms with Gasteiger partial charge in [-0.05, 0) is 25.7 Å². The Morgan fingerprint density at radius 2 is 2.21 bits per heavy atom. The molecule has 1 aliphatic heterocycles. The van der Waals surface area contributed by atoms with Crippen LogP contribution in [0.25, 0.3) is 0 Å². The summed E-state index contributed by atoms with van der Waals surface area (Å²) in [6.45, 7) is 0.710. The van der Waals surface area contributed by atoms with Gasteiger partial charge in [-0.15, -0.1) is 0 Å². The molecule has 3 atom stereocenters. The molecule has 2 fully saturated rings. The number of rotatable bonds is 2. The minimum atomic E-state index is -0.187. The number of aliphatic hydroxyl groups is 1. The minimum absolute atomic E-state index is 0.148. The van der Waals surface area contributed by atoms with Crippen LogP contribution in [0.4, 0.5) is 0 Å². The summed E-state index contributed by atoms with van der Waals surface area (Å²) in [6, 6.07) is 0.598. The number of carbonyl (C=O) groups is 1. The summed E-state index contributed by atoms with van der Waals surface area (Å²) in [7, 11) is 0. The second-order valence-corrected chi connectivity index (χ2v) is 4.31. The monoisotopic (exact) mass is 198 g/mol. The average molecular weight is 198 g/mol. The van der Waals surface area contributed by atoms with Crippen molar-refractivity contribution >= 4 is 5.91 Å². The first-order valence-electron chi connectivity index (χ1n) is 5.46. The Labute approximate surface area is 84.1 Å². The van der Waals surface area contributed by atoms with Crippen molar-refractivity contribution in [3.8, 4) is 0 Å². The van der Waals surface area contributed by atoms with Crippen molar-refractivity contribution in [1.82, 2.24) is 10.6 Å². The molecule has 0 bridgehead atoms. The molecule has 1 amide bonds. The van der Waals surface area contributed by atoms with Crippen LogP contribution < -0.4 is 10.6 Å². The van der Waals surface area contributed by atoms with Crippen molar-refractivity contribution in [3.63, 3.8) is 0 Å². The van der Waals surface area contributed by atoms with Crippen LogP contribution in [0.1, 0.15) is 32.1 Å². The third kappa shape index (κ3) is 2.25. The zero-order valence-corrected chi connectivity index (χ0v) is 8.33. The lowest BCUT2D eigenvalue weighted by Gasteiger charge is -2.28. The van der Waals surface area contributed by atoms with Gasteiger partial charge < -0.3 is 15.7 Å². The molecule has 0 spiro atoms. The van der Waals surface area contributed by atoms with E-state index in [2.05, 4.69) is 10.6 Å². The first-order valence-corrected chi connectivity index (χ1v) is 5.46. The molecule has 1 saturated heterocycles. The van der Waals surface area contributed by atoms with E-state index in [-0.39, 0.29) is 18.1 Å². The number of hydrogen-bond donors (Lipinski definition) is 3.